The van der Waals surface area contributed by atoms with Crippen molar-refractivity contribution < 1.29 is 43.6 Å². The Labute approximate surface area is 105 Å². The van der Waals surface area contributed by atoms with E-state index in [1.807, 2.05) is 0 Å². The second kappa shape index (κ2) is 11.0. The molecule has 1 unspecified atom stereocenters. The zero-order chi connectivity index (χ0) is 15.6. The normalized spacial score (nSPS) is 13.1. The average Bonchev–Trinajstić information content (AvgIpc) is 1.96. The highest BCUT2D eigenvalue weighted by Crippen LogP contribution is 2.26. The maximum absolute atomic E-state index is 8.88. The van der Waals surface area contributed by atoms with Crippen LogP contribution in [0.5, 0.6) is 0 Å². The molecule has 0 aliphatic carbocycles. The molecule has 10 nitrogen and oxygen atoms in total. The van der Waals surface area contributed by atoms with E-state index in [0.717, 1.165) is 6.42 Å². The SMILES string of the molecule is CC(C)CC(N)CO.O=P(O)(O)O.O=P(O)(O)O. The fourth-order valence-electron chi connectivity index (χ4n) is 0.680. The third-order valence-corrected chi connectivity index (χ3v) is 1.01. The van der Waals surface area contributed by atoms with Gasteiger partial charge in [0.25, 0.3) is 0 Å². The van der Waals surface area contributed by atoms with Gasteiger partial charge in [-0.3, -0.25) is 0 Å². The first-order chi connectivity index (χ1) is 7.66. The second-order valence-corrected chi connectivity index (χ2v) is 5.65. The Bertz CT molecular complexity index is 236. The Kier molecular flexibility index (Phi) is 14.2. The maximum Gasteiger partial charge on any atom is 0.466 e. The summed E-state index contributed by atoms with van der Waals surface area (Å²) in [5.74, 6) is 0.595. The van der Waals surface area contributed by atoms with Crippen LogP contribution in [0.4, 0.5) is 0 Å². The van der Waals surface area contributed by atoms with E-state index in [2.05, 4.69) is 13.8 Å². The van der Waals surface area contributed by atoms with Gasteiger partial charge in [-0.15, -0.1) is 0 Å². The minimum absolute atomic E-state index is 0.0185. The van der Waals surface area contributed by atoms with Crippen molar-refractivity contribution in [3.8, 4) is 0 Å². The van der Waals surface area contributed by atoms with Gasteiger partial charge in [0.2, 0.25) is 0 Å². The standard InChI is InChI=1S/C6H15NO.2H3O4P/c1-5(2)3-6(7)4-8;2*1-5(2,3)4/h5-6,8H,3-4,7H2,1-2H3;2*(H3,1,2,3,4). The summed E-state index contributed by atoms with van der Waals surface area (Å²) in [4.78, 5) is 43.1. The van der Waals surface area contributed by atoms with Crippen LogP contribution in [0.15, 0.2) is 0 Å². The number of aliphatic hydroxyl groups is 1. The molecule has 0 aromatic rings. The molecule has 1 atom stereocenters. The average molecular weight is 313 g/mol. The van der Waals surface area contributed by atoms with Crippen LogP contribution in [0.3, 0.4) is 0 Å². The highest BCUT2D eigenvalue weighted by atomic mass is 31.2. The Hall–Kier alpha value is 0.140. The summed E-state index contributed by atoms with van der Waals surface area (Å²) >= 11 is 0. The summed E-state index contributed by atoms with van der Waals surface area (Å²) < 4.78 is 17.8. The van der Waals surface area contributed by atoms with Crippen molar-refractivity contribution in [3.63, 3.8) is 0 Å². The van der Waals surface area contributed by atoms with Crippen LogP contribution in [0.2, 0.25) is 0 Å². The molecule has 0 rings (SSSR count). The zero-order valence-electron chi connectivity index (χ0n) is 9.99. The molecule has 0 aliphatic rings. The van der Waals surface area contributed by atoms with Crippen molar-refractivity contribution in [2.45, 2.75) is 26.3 Å². The van der Waals surface area contributed by atoms with E-state index in [1.54, 1.807) is 0 Å². The van der Waals surface area contributed by atoms with Gasteiger partial charge >= 0.3 is 15.6 Å². The van der Waals surface area contributed by atoms with Gasteiger partial charge in [0.05, 0.1) is 6.61 Å². The molecule has 12 heteroatoms. The molecule has 18 heavy (non-hydrogen) atoms. The molecule has 9 N–H and O–H groups in total. The summed E-state index contributed by atoms with van der Waals surface area (Å²) in [6.45, 7) is 4.29. The fraction of sp³-hybridized carbons (Fsp3) is 1.00. The molecule has 0 fully saturated rings. The van der Waals surface area contributed by atoms with Gasteiger partial charge in [0, 0.05) is 6.04 Å². The summed E-state index contributed by atoms with van der Waals surface area (Å²) in [5, 5.41) is 8.46. The lowest BCUT2D eigenvalue weighted by Gasteiger charge is -2.09. The lowest BCUT2D eigenvalue weighted by atomic mass is 10.1. The smallest absolute Gasteiger partial charge is 0.395 e. The van der Waals surface area contributed by atoms with E-state index in [-0.39, 0.29) is 12.6 Å². The maximum atomic E-state index is 8.88. The van der Waals surface area contributed by atoms with Crippen LogP contribution < -0.4 is 5.73 Å². The Morgan fingerprint density at radius 1 is 0.944 bits per heavy atom. The predicted octanol–water partition coefficient (Wildman–Crippen LogP) is -1.51. The zero-order valence-corrected chi connectivity index (χ0v) is 11.8. The minimum atomic E-state index is -4.64. The summed E-state index contributed by atoms with van der Waals surface area (Å²) in [6, 6.07) is -0.0185. The highest BCUT2D eigenvalue weighted by Gasteiger charge is 2.01. The van der Waals surface area contributed by atoms with Gasteiger partial charge in [-0.1, -0.05) is 13.8 Å². The monoisotopic (exact) mass is 313 g/mol. The largest absolute Gasteiger partial charge is 0.466 e. The first-order valence-corrected chi connectivity index (χ1v) is 7.72. The first kappa shape index (κ1) is 23.2. The van der Waals surface area contributed by atoms with E-state index in [1.165, 1.54) is 0 Å². The fourth-order valence-corrected chi connectivity index (χ4v) is 0.680. The van der Waals surface area contributed by atoms with Crippen LogP contribution in [0, 0.1) is 5.92 Å². The van der Waals surface area contributed by atoms with Crippen molar-refractivity contribution in [3.05, 3.63) is 0 Å². The molecule has 0 radical (unpaired) electrons. The Balaban J connectivity index is -0.000000197. The Morgan fingerprint density at radius 3 is 1.22 bits per heavy atom. The first-order valence-electron chi connectivity index (χ1n) is 4.59. The molecule has 0 spiro atoms. The lowest BCUT2D eigenvalue weighted by molar-refractivity contribution is 0.250. The molecule has 0 saturated heterocycles. The van der Waals surface area contributed by atoms with Gasteiger partial charge in [0.1, 0.15) is 0 Å². The molecule has 0 bridgehead atoms. The van der Waals surface area contributed by atoms with E-state index in [0.29, 0.717) is 5.92 Å². The van der Waals surface area contributed by atoms with Crippen LogP contribution >= 0.6 is 15.6 Å². The number of phosphoric acid groups is 2. The van der Waals surface area contributed by atoms with Crippen LogP contribution in [-0.4, -0.2) is 47.1 Å². The van der Waals surface area contributed by atoms with Gasteiger partial charge in [0.15, 0.2) is 0 Å². The second-order valence-electron chi connectivity index (χ2n) is 3.60. The summed E-state index contributed by atoms with van der Waals surface area (Å²) in [5.41, 5.74) is 5.42. The van der Waals surface area contributed by atoms with Crippen molar-refractivity contribution >= 4 is 15.6 Å². The van der Waals surface area contributed by atoms with E-state index < -0.39 is 15.6 Å². The quantitative estimate of drug-likeness (QED) is 0.283. The lowest BCUT2D eigenvalue weighted by Crippen LogP contribution is -2.25. The van der Waals surface area contributed by atoms with E-state index >= 15 is 0 Å². The van der Waals surface area contributed by atoms with Crippen molar-refractivity contribution in [2.24, 2.45) is 11.7 Å². The Morgan fingerprint density at radius 2 is 1.17 bits per heavy atom. The number of nitrogens with two attached hydrogens (primary N) is 1. The van der Waals surface area contributed by atoms with E-state index in [9.17, 15) is 0 Å². The van der Waals surface area contributed by atoms with Crippen molar-refractivity contribution in [1.29, 1.82) is 0 Å². The van der Waals surface area contributed by atoms with Crippen LogP contribution in [-0.2, 0) is 9.13 Å². The van der Waals surface area contributed by atoms with Crippen molar-refractivity contribution in [2.75, 3.05) is 6.61 Å². The van der Waals surface area contributed by atoms with Crippen LogP contribution in [0.25, 0.3) is 0 Å². The third kappa shape index (κ3) is 98.1. The molecular weight excluding hydrogens is 292 g/mol. The van der Waals surface area contributed by atoms with Gasteiger partial charge in [-0.2, -0.15) is 0 Å². The number of rotatable bonds is 3. The topological polar surface area (TPSA) is 202 Å². The van der Waals surface area contributed by atoms with Gasteiger partial charge < -0.3 is 40.2 Å². The number of hydrogen-bond donors (Lipinski definition) is 8. The minimum Gasteiger partial charge on any atom is -0.395 e. The van der Waals surface area contributed by atoms with Crippen molar-refractivity contribution in [1.82, 2.24) is 0 Å². The predicted molar refractivity (Wildman–Crippen MR) is 63.0 cm³/mol. The number of aliphatic hydroxyl groups excluding tert-OH is 1. The highest BCUT2D eigenvalue weighted by molar-refractivity contribution is 7.45. The van der Waals surface area contributed by atoms with Crippen LogP contribution in [0.1, 0.15) is 20.3 Å². The molecular formula is C6H21NO9P2. The molecule has 114 valence electrons. The number of hydrogen-bond acceptors (Lipinski definition) is 4. The van der Waals surface area contributed by atoms with Gasteiger partial charge in [-0.25, -0.2) is 9.13 Å². The van der Waals surface area contributed by atoms with Gasteiger partial charge in [-0.05, 0) is 12.3 Å². The third-order valence-electron chi connectivity index (χ3n) is 1.01. The molecule has 0 heterocycles. The molecule has 0 aliphatic heterocycles. The molecule has 0 amide bonds. The molecule has 0 aromatic heterocycles. The summed E-state index contributed by atoms with van der Waals surface area (Å²) in [6.07, 6.45) is 0.913. The summed E-state index contributed by atoms with van der Waals surface area (Å²) in [7, 11) is -9.28. The molecule has 0 aromatic carbocycles. The molecule has 0 saturated carbocycles. The van der Waals surface area contributed by atoms with E-state index in [4.69, 9.17) is 49.3 Å².